The molecule has 0 spiro atoms. The molecule has 0 saturated carbocycles. The van der Waals surface area contributed by atoms with E-state index in [4.69, 9.17) is 4.74 Å². The molecule has 32 heavy (non-hydrogen) atoms. The first kappa shape index (κ1) is 23.7. The Labute approximate surface area is 199 Å². The van der Waals surface area contributed by atoms with Gasteiger partial charge < -0.3 is 15.4 Å². The van der Waals surface area contributed by atoms with Crippen LogP contribution in [0.15, 0.2) is 46.9 Å². The molecule has 1 heterocycles. The van der Waals surface area contributed by atoms with Gasteiger partial charge in [0.25, 0.3) is 11.8 Å². The van der Waals surface area contributed by atoms with Gasteiger partial charge in [0.15, 0.2) is 0 Å². The van der Waals surface area contributed by atoms with E-state index in [1.165, 1.54) is 0 Å². The molecule has 2 N–H and O–H groups in total. The van der Waals surface area contributed by atoms with Crippen molar-refractivity contribution < 1.29 is 19.1 Å². The lowest BCUT2D eigenvalue weighted by Crippen LogP contribution is -2.15. The number of carbonyl (C=O) groups excluding carboxylic acids is 3. The van der Waals surface area contributed by atoms with Gasteiger partial charge in [-0.05, 0) is 69.2 Å². The van der Waals surface area contributed by atoms with Crippen molar-refractivity contribution in [3.05, 3.63) is 79.6 Å². The third-order valence-electron chi connectivity index (χ3n) is 4.80. The summed E-state index contributed by atoms with van der Waals surface area (Å²) in [5.74, 6) is -1.32. The van der Waals surface area contributed by atoms with Crippen LogP contribution in [-0.4, -0.2) is 24.4 Å². The van der Waals surface area contributed by atoms with Crippen LogP contribution in [0.1, 0.15) is 54.0 Å². The van der Waals surface area contributed by atoms with Gasteiger partial charge in [-0.1, -0.05) is 33.6 Å². The number of thiophene rings is 1. The van der Waals surface area contributed by atoms with Gasteiger partial charge >= 0.3 is 5.97 Å². The molecule has 0 bridgehead atoms. The van der Waals surface area contributed by atoms with E-state index in [0.717, 1.165) is 26.9 Å². The van der Waals surface area contributed by atoms with Crippen molar-refractivity contribution in [2.75, 3.05) is 17.2 Å². The fourth-order valence-electron chi connectivity index (χ4n) is 3.18. The van der Waals surface area contributed by atoms with Crippen molar-refractivity contribution in [2.45, 2.75) is 27.7 Å². The van der Waals surface area contributed by atoms with Gasteiger partial charge in [0.1, 0.15) is 5.00 Å². The number of hydrogen-bond donors (Lipinski definition) is 2. The van der Waals surface area contributed by atoms with Crippen LogP contribution in [0.3, 0.4) is 0 Å². The number of rotatable bonds is 6. The predicted octanol–water partition coefficient (Wildman–Crippen LogP) is 6.12. The first-order chi connectivity index (χ1) is 15.2. The zero-order valence-electron chi connectivity index (χ0n) is 18.2. The van der Waals surface area contributed by atoms with Gasteiger partial charge in [-0.15, -0.1) is 11.3 Å². The van der Waals surface area contributed by atoms with Crippen molar-refractivity contribution in [3.63, 3.8) is 0 Å². The summed E-state index contributed by atoms with van der Waals surface area (Å²) in [5.41, 5.74) is 3.79. The molecule has 166 valence electrons. The number of hydrogen-bond acceptors (Lipinski definition) is 5. The quantitative estimate of drug-likeness (QED) is 0.388. The summed E-state index contributed by atoms with van der Waals surface area (Å²) in [5, 5.41) is 5.94. The highest BCUT2D eigenvalue weighted by Gasteiger charge is 2.27. The number of esters is 1. The van der Waals surface area contributed by atoms with Gasteiger partial charge in [-0.3, -0.25) is 9.59 Å². The Morgan fingerprint density at radius 3 is 2.28 bits per heavy atom. The number of anilines is 2. The minimum Gasteiger partial charge on any atom is -0.462 e. The van der Waals surface area contributed by atoms with Gasteiger partial charge in [0, 0.05) is 15.7 Å². The summed E-state index contributed by atoms with van der Waals surface area (Å²) in [6.07, 6.45) is 0. The van der Waals surface area contributed by atoms with E-state index in [0.29, 0.717) is 21.7 Å². The van der Waals surface area contributed by atoms with E-state index in [1.54, 1.807) is 38.1 Å². The standard InChI is InChI=1S/C24H23BrN2O4S/c1-5-31-24(30)19-15(4)20(22(29)26-18-11-6-13(2)12-14(18)3)32-23(19)27-21(28)16-7-9-17(25)10-8-16/h6-12H,5H2,1-4H3,(H,26,29)(H,27,28). The molecule has 0 unspecified atom stereocenters. The summed E-state index contributed by atoms with van der Waals surface area (Å²) in [7, 11) is 0. The predicted molar refractivity (Wildman–Crippen MR) is 131 cm³/mol. The van der Waals surface area contributed by atoms with Gasteiger partial charge in [0.2, 0.25) is 0 Å². The lowest BCUT2D eigenvalue weighted by atomic mass is 10.1. The average Bonchev–Trinajstić information content (AvgIpc) is 3.06. The topological polar surface area (TPSA) is 84.5 Å². The van der Waals surface area contributed by atoms with E-state index >= 15 is 0 Å². The number of nitrogens with one attached hydrogen (secondary N) is 2. The second-order valence-electron chi connectivity index (χ2n) is 7.21. The monoisotopic (exact) mass is 514 g/mol. The molecule has 0 fully saturated rings. The summed E-state index contributed by atoms with van der Waals surface area (Å²) in [4.78, 5) is 38.7. The SMILES string of the molecule is CCOC(=O)c1c(NC(=O)c2ccc(Br)cc2)sc(C(=O)Nc2ccc(C)cc2C)c1C. The third-order valence-corrected chi connectivity index (χ3v) is 6.53. The molecule has 1 aromatic heterocycles. The maximum absolute atomic E-state index is 13.0. The Kier molecular flexibility index (Phi) is 7.48. The molecule has 0 atom stereocenters. The Hall–Kier alpha value is -2.97. The fraction of sp³-hybridized carbons (Fsp3) is 0.208. The van der Waals surface area contributed by atoms with Crippen LogP contribution >= 0.6 is 27.3 Å². The van der Waals surface area contributed by atoms with Crippen LogP contribution in [0.2, 0.25) is 0 Å². The Balaban J connectivity index is 1.95. The van der Waals surface area contributed by atoms with Crippen molar-refractivity contribution >= 4 is 55.7 Å². The van der Waals surface area contributed by atoms with Crippen molar-refractivity contribution in [3.8, 4) is 0 Å². The zero-order chi connectivity index (χ0) is 23.4. The largest absolute Gasteiger partial charge is 0.462 e. The van der Waals surface area contributed by atoms with Crippen LogP contribution in [0.5, 0.6) is 0 Å². The van der Waals surface area contributed by atoms with E-state index in [1.807, 2.05) is 32.0 Å². The molecule has 0 aliphatic carbocycles. The zero-order valence-corrected chi connectivity index (χ0v) is 20.6. The molecule has 8 heteroatoms. The van der Waals surface area contributed by atoms with Crippen LogP contribution in [-0.2, 0) is 4.74 Å². The molecular formula is C24H23BrN2O4S. The lowest BCUT2D eigenvalue weighted by Gasteiger charge is -2.09. The van der Waals surface area contributed by atoms with E-state index in [9.17, 15) is 14.4 Å². The number of aryl methyl sites for hydroxylation is 2. The van der Waals surface area contributed by atoms with Gasteiger partial charge in [-0.2, -0.15) is 0 Å². The summed E-state index contributed by atoms with van der Waals surface area (Å²) in [6, 6.07) is 12.6. The molecule has 3 aromatic rings. The average molecular weight is 515 g/mol. The molecule has 0 saturated heterocycles. The maximum atomic E-state index is 13.0. The van der Waals surface area contributed by atoms with E-state index < -0.39 is 5.97 Å². The molecule has 0 radical (unpaired) electrons. The maximum Gasteiger partial charge on any atom is 0.341 e. The van der Waals surface area contributed by atoms with Crippen LogP contribution in [0.4, 0.5) is 10.7 Å². The summed E-state index contributed by atoms with van der Waals surface area (Å²) < 4.78 is 6.02. The Morgan fingerprint density at radius 2 is 1.66 bits per heavy atom. The van der Waals surface area contributed by atoms with Crippen LogP contribution in [0, 0.1) is 20.8 Å². The first-order valence-corrected chi connectivity index (χ1v) is 11.6. The van der Waals surface area contributed by atoms with Crippen LogP contribution < -0.4 is 10.6 Å². The molecule has 0 aliphatic heterocycles. The Morgan fingerprint density at radius 1 is 0.969 bits per heavy atom. The third kappa shape index (κ3) is 5.26. The number of benzene rings is 2. The van der Waals surface area contributed by atoms with E-state index in [-0.39, 0.29) is 29.0 Å². The summed E-state index contributed by atoms with van der Waals surface area (Å²) >= 11 is 4.39. The molecule has 3 rings (SSSR count). The molecule has 2 aromatic carbocycles. The minimum atomic E-state index is -0.585. The lowest BCUT2D eigenvalue weighted by molar-refractivity contribution is 0.0527. The van der Waals surface area contributed by atoms with Gasteiger partial charge in [-0.25, -0.2) is 4.79 Å². The number of amides is 2. The normalized spacial score (nSPS) is 10.5. The van der Waals surface area contributed by atoms with Gasteiger partial charge in [0.05, 0.1) is 17.0 Å². The molecule has 2 amide bonds. The Bertz CT molecular complexity index is 1190. The molecule has 6 nitrogen and oxygen atoms in total. The second kappa shape index (κ2) is 10.1. The number of halogens is 1. The van der Waals surface area contributed by atoms with Crippen LogP contribution in [0.25, 0.3) is 0 Å². The van der Waals surface area contributed by atoms with Crippen molar-refractivity contribution in [2.24, 2.45) is 0 Å². The molecule has 0 aliphatic rings. The first-order valence-electron chi connectivity index (χ1n) is 9.97. The second-order valence-corrected chi connectivity index (χ2v) is 9.15. The highest BCUT2D eigenvalue weighted by molar-refractivity contribution is 9.10. The molecular weight excluding hydrogens is 492 g/mol. The number of ether oxygens (including phenoxy) is 1. The van der Waals surface area contributed by atoms with Crippen molar-refractivity contribution in [1.29, 1.82) is 0 Å². The smallest absolute Gasteiger partial charge is 0.341 e. The van der Waals surface area contributed by atoms with E-state index in [2.05, 4.69) is 26.6 Å². The highest BCUT2D eigenvalue weighted by Crippen LogP contribution is 2.35. The summed E-state index contributed by atoms with van der Waals surface area (Å²) in [6.45, 7) is 7.45. The fourth-order valence-corrected chi connectivity index (χ4v) is 4.53. The van der Waals surface area contributed by atoms with Crippen molar-refractivity contribution in [1.82, 2.24) is 0 Å². The minimum absolute atomic E-state index is 0.179. The highest BCUT2D eigenvalue weighted by atomic mass is 79.9. The number of carbonyl (C=O) groups is 3.